The third-order valence-corrected chi connectivity index (χ3v) is 1.76. The van der Waals surface area contributed by atoms with Crippen LogP contribution in [0.1, 0.15) is 39.0 Å². The maximum atomic E-state index is 9.87. The van der Waals surface area contributed by atoms with Crippen LogP contribution in [-0.4, -0.2) is 9.58 Å². The summed E-state index contributed by atoms with van der Waals surface area (Å²) < 4.78 is 9.87. The Bertz CT molecular complexity index is 146. The van der Waals surface area contributed by atoms with Gasteiger partial charge in [0.25, 0.3) is 0 Å². The van der Waals surface area contributed by atoms with Gasteiger partial charge < -0.3 is 0 Å². The van der Waals surface area contributed by atoms with E-state index >= 15 is 0 Å². The highest BCUT2D eigenvalue weighted by atomic mass is 32.1. The quantitative estimate of drug-likeness (QED) is 0.342. The van der Waals surface area contributed by atoms with Crippen LogP contribution in [0.3, 0.4) is 0 Å². The van der Waals surface area contributed by atoms with Crippen molar-refractivity contribution < 1.29 is 4.21 Å². The van der Waals surface area contributed by atoms with E-state index in [9.17, 15) is 4.21 Å². The van der Waals surface area contributed by atoms with Crippen LogP contribution in [0.15, 0.2) is 12.2 Å². The van der Waals surface area contributed by atoms with Crippen LogP contribution < -0.4 is 0 Å². The maximum Gasteiger partial charge on any atom is 0.0885 e. The molecule has 0 aromatic carbocycles. The summed E-state index contributed by atoms with van der Waals surface area (Å²) in [7, 11) is 0. The summed E-state index contributed by atoms with van der Waals surface area (Å²) >= 11 is 0.508. The molecule has 0 spiro atoms. The van der Waals surface area contributed by atoms with Gasteiger partial charge in [-0.05, 0) is 12.8 Å². The average molecular weight is 172 g/mol. The lowest BCUT2D eigenvalue weighted by Gasteiger charge is -1.92. The Morgan fingerprint density at radius 2 is 2.09 bits per heavy atom. The van der Waals surface area contributed by atoms with Crippen molar-refractivity contribution in [2.24, 2.45) is 0 Å². The van der Waals surface area contributed by atoms with Crippen LogP contribution in [0, 0.1) is 0 Å². The number of hydrogen-bond donors (Lipinski definition) is 0. The number of hydrogen-bond acceptors (Lipinski definition) is 1. The van der Waals surface area contributed by atoms with Gasteiger partial charge in [-0.1, -0.05) is 38.3 Å². The van der Waals surface area contributed by atoms with Gasteiger partial charge in [0.05, 0.1) is 11.3 Å². The van der Waals surface area contributed by atoms with Crippen LogP contribution in [0.25, 0.3) is 0 Å². The van der Waals surface area contributed by atoms with Crippen molar-refractivity contribution in [2.75, 3.05) is 0 Å². The Balaban J connectivity index is 3.07. The Labute approximate surface area is 72.6 Å². The first-order valence-corrected chi connectivity index (χ1v) is 4.99. The van der Waals surface area contributed by atoms with Gasteiger partial charge in [0.15, 0.2) is 0 Å². The molecular weight excluding hydrogens is 156 g/mol. The van der Waals surface area contributed by atoms with Crippen LogP contribution in [0.2, 0.25) is 0 Å². The van der Waals surface area contributed by atoms with Crippen molar-refractivity contribution in [3.63, 3.8) is 0 Å². The minimum Gasteiger partial charge on any atom is -0.212 e. The van der Waals surface area contributed by atoms with Gasteiger partial charge in [-0.25, -0.2) is 4.21 Å². The second kappa shape index (κ2) is 9.63. The SMILES string of the molecule is CCCCCC/C=C/C=S=O. The summed E-state index contributed by atoms with van der Waals surface area (Å²) in [6.07, 6.45) is 10.2. The molecule has 0 unspecified atom stereocenters. The molecule has 64 valence electrons. The van der Waals surface area contributed by atoms with Gasteiger partial charge >= 0.3 is 0 Å². The summed E-state index contributed by atoms with van der Waals surface area (Å²) in [4.78, 5) is 0. The Hall–Kier alpha value is -0.370. The van der Waals surface area contributed by atoms with Crippen molar-refractivity contribution in [1.29, 1.82) is 0 Å². The molecule has 0 aliphatic rings. The minimum atomic E-state index is 0.508. The second-order valence-electron chi connectivity index (χ2n) is 2.51. The molecule has 0 aromatic rings. The molecule has 0 aromatic heterocycles. The monoisotopic (exact) mass is 172 g/mol. The van der Waals surface area contributed by atoms with Gasteiger partial charge in [0.2, 0.25) is 0 Å². The van der Waals surface area contributed by atoms with Gasteiger partial charge in [-0.2, -0.15) is 0 Å². The summed E-state index contributed by atoms with van der Waals surface area (Å²) in [5.74, 6) is 0. The molecule has 0 atom stereocenters. The molecule has 0 aliphatic heterocycles. The third kappa shape index (κ3) is 9.63. The predicted octanol–water partition coefficient (Wildman–Crippen LogP) is 2.53. The van der Waals surface area contributed by atoms with Crippen LogP contribution in [0.4, 0.5) is 0 Å². The van der Waals surface area contributed by atoms with E-state index in [4.69, 9.17) is 0 Å². The van der Waals surface area contributed by atoms with Crippen molar-refractivity contribution in [1.82, 2.24) is 0 Å². The fourth-order valence-corrected chi connectivity index (χ4v) is 1.05. The fourth-order valence-electron chi connectivity index (χ4n) is 0.873. The molecule has 0 amide bonds. The predicted molar refractivity (Wildman–Crippen MR) is 52.1 cm³/mol. The zero-order valence-corrected chi connectivity index (χ0v) is 7.90. The van der Waals surface area contributed by atoms with Crippen molar-refractivity contribution in [3.8, 4) is 0 Å². The van der Waals surface area contributed by atoms with E-state index in [0.717, 1.165) is 6.42 Å². The van der Waals surface area contributed by atoms with E-state index < -0.39 is 0 Å². The average Bonchev–Trinajstić information content (AvgIpc) is 2.03. The highest BCUT2D eigenvalue weighted by molar-refractivity contribution is 7.65. The number of unbranched alkanes of at least 4 members (excludes halogenated alkanes) is 4. The lowest BCUT2D eigenvalue weighted by Crippen LogP contribution is -1.73. The molecule has 0 aliphatic carbocycles. The van der Waals surface area contributed by atoms with E-state index in [1.807, 2.05) is 6.08 Å². The molecule has 0 saturated carbocycles. The number of rotatable bonds is 6. The smallest absolute Gasteiger partial charge is 0.0885 e. The Morgan fingerprint density at radius 3 is 2.73 bits per heavy atom. The normalized spacial score (nSPS) is 10.3. The molecule has 0 fully saturated rings. The first-order valence-electron chi connectivity index (χ1n) is 4.18. The molecule has 0 radical (unpaired) electrons. The van der Waals surface area contributed by atoms with Crippen molar-refractivity contribution in [2.45, 2.75) is 39.0 Å². The first-order chi connectivity index (χ1) is 5.41. The summed E-state index contributed by atoms with van der Waals surface area (Å²) in [6, 6.07) is 0. The maximum absolute atomic E-state index is 9.87. The molecule has 0 bridgehead atoms. The largest absolute Gasteiger partial charge is 0.212 e. The molecule has 1 nitrogen and oxygen atoms in total. The summed E-state index contributed by atoms with van der Waals surface area (Å²) in [6.45, 7) is 2.21. The van der Waals surface area contributed by atoms with Crippen molar-refractivity contribution >= 4 is 16.6 Å². The second-order valence-corrected chi connectivity index (χ2v) is 2.97. The van der Waals surface area contributed by atoms with Crippen LogP contribution >= 0.6 is 0 Å². The topological polar surface area (TPSA) is 17.1 Å². The molecular formula is C9H16OS. The van der Waals surface area contributed by atoms with Crippen LogP contribution in [-0.2, 0) is 11.3 Å². The highest BCUT2D eigenvalue weighted by Gasteiger charge is 1.82. The lowest BCUT2D eigenvalue weighted by molar-refractivity contribution is 0.674. The molecule has 0 rings (SSSR count). The minimum absolute atomic E-state index is 0.508. The van der Waals surface area contributed by atoms with E-state index in [0.29, 0.717) is 11.3 Å². The lowest BCUT2D eigenvalue weighted by atomic mass is 10.1. The standard InChI is InChI=1S/C9H16OS/c1-2-3-4-5-6-7-8-9-11-10/h7-9H,2-6H2,1H3/b8-7+. The zero-order valence-electron chi connectivity index (χ0n) is 7.08. The van der Waals surface area contributed by atoms with E-state index in [2.05, 4.69) is 13.0 Å². The van der Waals surface area contributed by atoms with Gasteiger partial charge in [0.1, 0.15) is 0 Å². The molecule has 0 N–H and O–H groups in total. The van der Waals surface area contributed by atoms with Gasteiger partial charge in [-0.15, -0.1) is 0 Å². The Kier molecular flexibility index (Phi) is 9.31. The van der Waals surface area contributed by atoms with E-state index in [-0.39, 0.29) is 0 Å². The fraction of sp³-hybridized carbons (Fsp3) is 0.667. The molecule has 0 saturated heterocycles. The summed E-state index contributed by atoms with van der Waals surface area (Å²) in [5.41, 5.74) is 0. The first kappa shape index (κ1) is 10.6. The van der Waals surface area contributed by atoms with E-state index in [1.165, 1.54) is 25.7 Å². The molecule has 0 heterocycles. The molecule has 11 heavy (non-hydrogen) atoms. The summed E-state index contributed by atoms with van der Waals surface area (Å²) in [5, 5.41) is 1.57. The zero-order chi connectivity index (χ0) is 8.36. The molecule has 2 heteroatoms. The van der Waals surface area contributed by atoms with Crippen molar-refractivity contribution in [3.05, 3.63) is 12.2 Å². The van der Waals surface area contributed by atoms with Gasteiger partial charge in [-0.3, -0.25) is 0 Å². The van der Waals surface area contributed by atoms with Crippen LogP contribution in [0.5, 0.6) is 0 Å². The third-order valence-electron chi connectivity index (χ3n) is 1.49. The van der Waals surface area contributed by atoms with Gasteiger partial charge in [0, 0.05) is 5.37 Å². The highest BCUT2D eigenvalue weighted by Crippen LogP contribution is 2.02. The van der Waals surface area contributed by atoms with E-state index in [1.54, 1.807) is 5.37 Å². The number of allylic oxidation sites excluding steroid dienone is 2. The Morgan fingerprint density at radius 1 is 1.27 bits per heavy atom.